The molecule has 2 amide bonds. The highest BCUT2D eigenvalue weighted by atomic mass is 32.2. The second-order valence-electron chi connectivity index (χ2n) is 4.68. The monoisotopic (exact) mass is 316 g/mol. The molecule has 0 aliphatic heterocycles. The Bertz CT molecular complexity index is 477. The van der Waals surface area contributed by atoms with E-state index in [1.165, 1.54) is 11.9 Å². The molecule has 0 spiro atoms. The van der Waals surface area contributed by atoms with Gasteiger partial charge in [-0.05, 0) is 0 Å². The quantitative estimate of drug-likeness (QED) is 0.511. The zero-order chi connectivity index (χ0) is 15.8. The number of hydrogen-bond donors (Lipinski definition) is 3. The van der Waals surface area contributed by atoms with Crippen molar-refractivity contribution in [2.24, 2.45) is 0 Å². The number of nitrogens with one attached hydrogen (secondary N) is 3. The van der Waals surface area contributed by atoms with E-state index in [4.69, 9.17) is 4.42 Å². The zero-order valence-corrected chi connectivity index (χ0v) is 13.5. The smallest absolute Gasteiger partial charge is 0.277 e. The maximum Gasteiger partial charge on any atom is 0.277 e. The fourth-order valence-corrected chi connectivity index (χ4v) is 2.29. The summed E-state index contributed by atoms with van der Waals surface area (Å²) in [6.45, 7) is 2.02. The maximum absolute atomic E-state index is 11.5. The lowest BCUT2D eigenvalue weighted by Crippen LogP contribution is -3.06. The summed E-state index contributed by atoms with van der Waals surface area (Å²) in [4.78, 5) is 23.7. The van der Waals surface area contributed by atoms with Gasteiger partial charge in [-0.3, -0.25) is 9.59 Å². The van der Waals surface area contributed by atoms with Gasteiger partial charge in [-0.2, -0.15) is 0 Å². The van der Waals surface area contributed by atoms with Gasteiger partial charge < -0.3 is 20.0 Å². The minimum atomic E-state index is -0.256. The van der Waals surface area contributed by atoms with Gasteiger partial charge >= 0.3 is 0 Å². The summed E-state index contributed by atoms with van der Waals surface area (Å²) in [6, 6.07) is 0.147. The Kier molecular flexibility index (Phi) is 7.17. The molecule has 1 atom stereocenters. The number of carbonyl (C=O) groups is 2. The van der Waals surface area contributed by atoms with Gasteiger partial charge in [-0.15, -0.1) is 10.2 Å². The normalized spacial score (nSPS) is 12.2. The summed E-state index contributed by atoms with van der Waals surface area (Å²) < 4.78 is 5.56. The van der Waals surface area contributed by atoms with Crippen LogP contribution in [0.5, 0.6) is 0 Å². The minimum Gasteiger partial charge on any atom is -0.410 e. The van der Waals surface area contributed by atoms with Crippen LogP contribution in [0.3, 0.4) is 0 Å². The Labute approximate surface area is 128 Å². The molecule has 0 bridgehead atoms. The number of carbonyl (C=O) groups excluding carboxylic acids is 2. The van der Waals surface area contributed by atoms with Crippen LogP contribution in [0.1, 0.15) is 25.3 Å². The molecule has 0 saturated heterocycles. The zero-order valence-electron chi connectivity index (χ0n) is 12.7. The molecular weight excluding hydrogens is 294 g/mol. The molecule has 1 aromatic rings. The largest absolute Gasteiger partial charge is 0.410 e. The summed E-state index contributed by atoms with van der Waals surface area (Å²) in [5, 5.41) is 13.2. The van der Waals surface area contributed by atoms with Gasteiger partial charge in [-0.1, -0.05) is 18.7 Å². The molecule has 0 aliphatic rings. The van der Waals surface area contributed by atoms with Crippen molar-refractivity contribution in [1.82, 2.24) is 20.8 Å². The Morgan fingerprint density at radius 3 is 2.62 bits per heavy atom. The predicted octanol–water partition coefficient (Wildman–Crippen LogP) is -1.38. The molecule has 21 heavy (non-hydrogen) atoms. The van der Waals surface area contributed by atoms with E-state index in [0.717, 1.165) is 18.2 Å². The predicted molar refractivity (Wildman–Crippen MR) is 77.9 cm³/mol. The van der Waals surface area contributed by atoms with E-state index in [1.54, 1.807) is 0 Å². The molecule has 0 radical (unpaired) electrons. The van der Waals surface area contributed by atoms with Gasteiger partial charge in [0.1, 0.15) is 0 Å². The van der Waals surface area contributed by atoms with Crippen molar-refractivity contribution in [3.05, 3.63) is 5.89 Å². The third-order valence-corrected chi connectivity index (χ3v) is 3.70. The van der Waals surface area contributed by atoms with Crippen molar-refractivity contribution in [2.45, 2.75) is 24.6 Å². The molecule has 0 unspecified atom stereocenters. The first-order valence-electron chi connectivity index (χ1n) is 6.71. The van der Waals surface area contributed by atoms with Gasteiger partial charge in [0.2, 0.25) is 11.8 Å². The Morgan fingerprint density at radius 1 is 1.33 bits per heavy atom. The lowest BCUT2D eigenvalue weighted by Gasteiger charge is -2.15. The number of aromatic nitrogens is 2. The number of quaternary nitrogens is 1. The first kappa shape index (κ1) is 17.4. The van der Waals surface area contributed by atoms with Crippen molar-refractivity contribution in [3.63, 3.8) is 0 Å². The van der Waals surface area contributed by atoms with E-state index in [0.29, 0.717) is 11.1 Å². The maximum atomic E-state index is 11.5. The van der Waals surface area contributed by atoms with Crippen LogP contribution >= 0.6 is 11.8 Å². The van der Waals surface area contributed by atoms with Gasteiger partial charge in [0.15, 0.2) is 6.04 Å². The fourth-order valence-electron chi connectivity index (χ4n) is 1.69. The number of nitrogens with zero attached hydrogens (tertiary/aromatic N) is 2. The standard InChI is InChI=1S/C12H21N5O3S/c1-5-8(17(3)4)11-15-16-12(20-11)21-7-10(19)14-6-9(18)13-2/h8H,5-7H2,1-4H3,(H,13,18)(H,14,19)/p+1/t8-/m1/s1. The molecule has 0 saturated carbocycles. The number of amides is 2. The van der Waals surface area contributed by atoms with Crippen LogP contribution in [0.15, 0.2) is 9.64 Å². The van der Waals surface area contributed by atoms with Gasteiger partial charge in [0.25, 0.3) is 11.1 Å². The van der Waals surface area contributed by atoms with E-state index in [9.17, 15) is 9.59 Å². The summed E-state index contributed by atoms with van der Waals surface area (Å²) in [6.07, 6.45) is 0.890. The van der Waals surface area contributed by atoms with E-state index < -0.39 is 0 Å². The van der Waals surface area contributed by atoms with Crippen LogP contribution in [0.4, 0.5) is 0 Å². The average molecular weight is 316 g/mol. The molecule has 3 N–H and O–H groups in total. The number of thioether (sulfide) groups is 1. The number of hydrogen-bond acceptors (Lipinski definition) is 6. The third kappa shape index (κ3) is 5.72. The van der Waals surface area contributed by atoms with Crippen LogP contribution in [0.25, 0.3) is 0 Å². The molecule has 8 nitrogen and oxygen atoms in total. The molecule has 0 aliphatic carbocycles. The van der Waals surface area contributed by atoms with E-state index >= 15 is 0 Å². The fraction of sp³-hybridized carbons (Fsp3) is 0.667. The molecule has 118 valence electrons. The SMILES string of the molecule is CC[C@H](c1nnc(SCC(=O)NCC(=O)NC)o1)[NH+](C)C. The van der Waals surface area contributed by atoms with Crippen LogP contribution in [0, 0.1) is 0 Å². The van der Waals surface area contributed by atoms with E-state index in [-0.39, 0.29) is 30.2 Å². The third-order valence-electron chi connectivity index (χ3n) is 2.88. The van der Waals surface area contributed by atoms with Crippen molar-refractivity contribution in [2.75, 3.05) is 33.4 Å². The lowest BCUT2D eigenvalue weighted by molar-refractivity contribution is -0.894. The summed E-state index contributed by atoms with van der Waals surface area (Å²) >= 11 is 1.15. The van der Waals surface area contributed by atoms with Gasteiger partial charge in [0.05, 0.1) is 26.4 Å². The van der Waals surface area contributed by atoms with Crippen LogP contribution < -0.4 is 15.5 Å². The van der Waals surface area contributed by atoms with Crippen molar-refractivity contribution in [1.29, 1.82) is 0 Å². The van der Waals surface area contributed by atoms with E-state index in [1.807, 2.05) is 14.1 Å². The lowest BCUT2D eigenvalue weighted by atomic mass is 10.2. The first-order chi connectivity index (χ1) is 9.97. The first-order valence-corrected chi connectivity index (χ1v) is 7.70. The molecule has 0 aromatic carbocycles. The summed E-state index contributed by atoms with van der Waals surface area (Å²) in [5.41, 5.74) is 0. The second kappa shape index (κ2) is 8.63. The highest BCUT2D eigenvalue weighted by molar-refractivity contribution is 7.99. The summed E-state index contributed by atoms with van der Waals surface area (Å²) in [7, 11) is 5.56. The number of rotatable bonds is 8. The highest BCUT2D eigenvalue weighted by Gasteiger charge is 2.22. The molecule has 9 heteroatoms. The molecular formula is C12H22N5O3S+. The number of likely N-dealkylation sites (N-methyl/N-ethyl adjacent to an activating group) is 1. The molecule has 1 heterocycles. The molecule has 1 rings (SSSR count). The Balaban J connectivity index is 2.44. The van der Waals surface area contributed by atoms with E-state index in [2.05, 4.69) is 27.8 Å². The van der Waals surface area contributed by atoms with Crippen LogP contribution in [-0.4, -0.2) is 55.5 Å². The minimum absolute atomic E-state index is 0.0348. The van der Waals surface area contributed by atoms with Crippen LogP contribution in [-0.2, 0) is 9.59 Å². The summed E-state index contributed by atoms with van der Waals surface area (Å²) in [5.74, 6) is 0.206. The topological polar surface area (TPSA) is 102 Å². The Hall–Kier alpha value is -1.61. The average Bonchev–Trinajstić information content (AvgIpc) is 2.91. The molecule has 1 aromatic heterocycles. The second-order valence-corrected chi connectivity index (χ2v) is 5.61. The van der Waals surface area contributed by atoms with Crippen LogP contribution in [0.2, 0.25) is 0 Å². The highest BCUT2D eigenvalue weighted by Crippen LogP contribution is 2.19. The van der Waals surface area contributed by atoms with Gasteiger partial charge in [0, 0.05) is 13.5 Å². The Morgan fingerprint density at radius 2 is 2.05 bits per heavy atom. The van der Waals surface area contributed by atoms with Crippen molar-refractivity contribution in [3.8, 4) is 0 Å². The van der Waals surface area contributed by atoms with Gasteiger partial charge in [-0.25, -0.2) is 0 Å². The molecule has 0 fully saturated rings. The van der Waals surface area contributed by atoms with Crippen molar-refractivity contribution < 1.29 is 18.9 Å². The van der Waals surface area contributed by atoms with Crippen molar-refractivity contribution >= 4 is 23.6 Å².